The summed E-state index contributed by atoms with van der Waals surface area (Å²) in [6, 6.07) is 11.9. The molecule has 1 aliphatic rings. The van der Waals surface area contributed by atoms with Crippen molar-refractivity contribution in [2.45, 2.75) is 19.4 Å². The van der Waals surface area contributed by atoms with Gasteiger partial charge in [0.25, 0.3) is 5.91 Å². The van der Waals surface area contributed by atoms with Gasteiger partial charge in [-0.25, -0.2) is 4.68 Å². The van der Waals surface area contributed by atoms with Crippen LogP contribution in [-0.4, -0.2) is 39.8 Å². The van der Waals surface area contributed by atoms with Crippen LogP contribution >= 0.6 is 11.6 Å². The number of nitrogens with zero attached hydrogens (tertiary/aromatic N) is 3. The van der Waals surface area contributed by atoms with Gasteiger partial charge in [-0.1, -0.05) is 23.7 Å². The average molecular weight is 442 g/mol. The van der Waals surface area contributed by atoms with Gasteiger partial charge in [-0.2, -0.15) is 10.1 Å². The molecule has 0 saturated heterocycles. The lowest BCUT2D eigenvalue weighted by molar-refractivity contribution is -0.118. The van der Waals surface area contributed by atoms with Gasteiger partial charge < -0.3 is 14.8 Å². The maximum atomic E-state index is 12.2. The number of carbonyl (C=O) groups is 2. The van der Waals surface area contributed by atoms with E-state index in [1.807, 2.05) is 13.0 Å². The molecule has 0 saturated carbocycles. The van der Waals surface area contributed by atoms with Crippen molar-refractivity contribution >= 4 is 35.1 Å². The predicted molar refractivity (Wildman–Crippen MR) is 115 cm³/mol. The van der Waals surface area contributed by atoms with E-state index in [0.29, 0.717) is 34.8 Å². The second-order valence-electron chi connectivity index (χ2n) is 6.78. The molecule has 1 aliphatic heterocycles. The lowest BCUT2D eigenvalue weighted by atomic mass is 10.0. The number of carbonyl (C=O) groups excluding carboxylic acids is 2. The van der Waals surface area contributed by atoms with Gasteiger partial charge in [-0.05, 0) is 42.8 Å². The summed E-state index contributed by atoms with van der Waals surface area (Å²) in [4.78, 5) is 28.3. The number of aromatic nitrogens is 3. The van der Waals surface area contributed by atoms with Crippen molar-refractivity contribution in [3.05, 3.63) is 59.4 Å². The number of amides is 2. The Hall–Kier alpha value is -3.59. The summed E-state index contributed by atoms with van der Waals surface area (Å²) in [5.41, 5.74) is 1.40. The molecule has 0 bridgehead atoms. The number of hydrogen-bond donors (Lipinski definition) is 2. The average Bonchev–Trinajstić information content (AvgIpc) is 3.21. The van der Waals surface area contributed by atoms with Gasteiger partial charge in [-0.3, -0.25) is 14.9 Å². The van der Waals surface area contributed by atoms with E-state index in [2.05, 4.69) is 20.7 Å². The van der Waals surface area contributed by atoms with Gasteiger partial charge in [-0.15, -0.1) is 0 Å². The molecule has 31 heavy (non-hydrogen) atoms. The van der Waals surface area contributed by atoms with Crippen LogP contribution in [0.15, 0.2) is 48.8 Å². The highest BCUT2D eigenvalue weighted by Gasteiger charge is 2.28. The SMILES string of the molecule is CCOc1cc([C@@H]2CC(=O)Nc3ncnn32)ccc1OCC(=O)Nc1cccc(Cl)c1. The van der Waals surface area contributed by atoms with Crippen molar-refractivity contribution in [3.63, 3.8) is 0 Å². The molecular formula is C21H20ClN5O4. The van der Waals surface area contributed by atoms with E-state index in [0.717, 1.165) is 5.56 Å². The minimum Gasteiger partial charge on any atom is -0.490 e. The summed E-state index contributed by atoms with van der Waals surface area (Å²) in [7, 11) is 0. The van der Waals surface area contributed by atoms with Gasteiger partial charge in [0, 0.05) is 10.7 Å². The van der Waals surface area contributed by atoms with Gasteiger partial charge in [0.15, 0.2) is 18.1 Å². The van der Waals surface area contributed by atoms with Crippen molar-refractivity contribution < 1.29 is 19.1 Å². The highest BCUT2D eigenvalue weighted by Crippen LogP contribution is 2.35. The molecule has 0 spiro atoms. The first-order valence-electron chi connectivity index (χ1n) is 9.68. The first-order chi connectivity index (χ1) is 15.0. The van der Waals surface area contributed by atoms with E-state index >= 15 is 0 Å². The molecule has 160 valence electrons. The maximum Gasteiger partial charge on any atom is 0.262 e. The van der Waals surface area contributed by atoms with Crippen LogP contribution in [0, 0.1) is 0 Å². The molecule has 0 fully saturated rings. The zero-order valence-electron chi connectivity index (χ0n) is 16.7. The molecule has 2 N–H and O–H groups in total. The number of halogens is 1. The molecule has 0 aliphatic carbocycles. The van der Waals surface area contributed by atoms with Gasteiger partial charge >= 0.3 is 0 Å². The molecule has 0 unspecified atom stereocenters. The largest absolute Gasteiger partial charge is 0.490 e. The molecular weight excluding hydrogens is 422 g/mol. The summed E-state index contributed by atoms with van der Waals surface area (Å²) in [5, 5.41) is 10.2. The van der Waals surface area contributed by atoms with Crippen molar-refractivity contribution in [2.75, 3.05) is 23.8 Å². The zero-order chi connectivity index (χ0) is 21.8. The fraction of sp³-hybridized carbons (Fsp3) is 0.238. The van der Waals surface area contributed by atoms with Crippen LogP contribution in [0.2, 0.25) is 5.02 Å². The molecule has 9 nitrogen and oxygen atoms in total. The summed E-state index contributed by atoms with van der Waals surface area (Å²) in [6.07, 6.45) is 1.62. The molecule has 1 atom stereocenters. The third kappa shape index (κ3) is 4.77. The van der Waals surface area contributed by atoms with Crippen LogP contribution in [0.4, 0.5) is 11.6 Å². The van der Waals surface area contributed by atoms with Crippen molar-refractivity contribution in [1.29, 1.82) is 0 Å². The number of benzene rings is 2. The fourth-order valence-corrected chi connectivity index (χ4v) is 3.48. The van der Waals surface area contributed by atoms with Crippen LogP contribution < -0.4 is 20.1 Å². The Balaban J connectivity index is 1.49. The topological polar surface area (TPSA) is 107 Å². The number of rotatable bonds is 7. The molecule has 0 radical (unpaired) electrons. The van der Waals surface area contributed by atoms with Crippen LogP contribution in [0.25, 0.3) is 0 Å². The van der Waals surface area contributed by atoms with Crippen molar-refractivity contribution in [2.24, 2.45) is 0 Å². The molecule has 3 aromatic rings. The van der Waals surface area contributed by atoms with Crippen LogP contribution in [0.3, 0.4) is 0 Å². The number of anilines is 2. The Kier molecular flexibility index (Phi) is 6.03. The van der Waals surface area contributed by atoms with E-state index < -0.39 is 0 Å². The number of nitrogens with one attached hydrogen (secondary N) is 2. The molecule has 1 aromatic heterocycles. The Morgan fingerprint density at radius 2 is 2.13 bits per heavy atom. The highest BCUT2D eigenvalue weighted by molar-refractivity contribution is 6.30. The Morgan fingerprint density at radius 3 is 2.94 bits per heavy atom. The summed E-state index contributed by atoms with van der Waals surface area (Å²) >= 11 is 5.93. The second-order valence-corrected chi connectivity index (χ2v) is 7.22. The smallest absolute Gasteiger partial charge is 0.262 e. The predicted octanol–water partition coefficient (Wildman–Crippen LogP) is 3.28. The molecule has 2 aromatic carbocycles. The summed E-state index contributed by atoms with van der Waals surface area (Å²) in [5.74, 6) is 0.831. The van der Waals surface area contributed by atoms with Gasteiger partial charge in [0.1, 0.15) is 6.33 Å². The Bertz CT molecular complexity index is 1120. The molecule has 2 heterocycles. The lowest BCUT2D eigenvalue weighted by Gasteiger charge is -2.24. The highest BCUT2D eigenvalue weighted by atomic mass is 35.5. The van der Waals surface area contributed by atoms with E-state index in [1.165, 1.54) is 6.33 Å². The van der Waals surface area contributed by atoms with Crippen LogP contribution in [0.5, 0.6) is 11.5 Å². The van der Waals surface area contributed by atoms with E-state index in [9.17, 15) is 9.59 Å². The van der Waals surface area contributed by atoms with Gasteiger partial charge in [0.05, 0.1) is 19.1 Å². The van der Waals surface area contributed by atoms with E-state index in [1.54, 1.807) is 41.1 Å². The number of fused-ring (bicyclic) bond motifs is 1. The minimum absolute atomic E-state index is 0.138. The quantitative estimate of drug-likeness (QED) is 0.582. The monoisotopic (exact) mass is 441 g/mol. The molecule has 4 rings (SSSR count). The van der Waals surface area contributed by atoms with Gasteiger partial charge in [0.2, 0.25) is 11.9 Å². The van der Waals surface area contributed by atoms with E-state index in [-0.39, 0.29) is 30.9 Å². The minimum atomic E-state index is -0.329. The van der Waals surface area contributed by atoms with Crippen molar-refractivity contribution in [1.82, 2.24) is 14.8 Å². The van der Waals surface area contributed by atoms with E-state index in [4.69, 9.17) is 21.1 Å². The van der Waals surface area contributed by atoms with Crippen LogP contribution in [0.1, 0.15) is 24.9 Å². The first kappa shape index (κ1) is 20.7. The second kappa shape index (κ2) is 9.05. The normalized spacial score (nSPS) is 15.0. The maximum absolute atomic E-state index is 12.2. The summed E-state index contributed by atoms with van der Waals surface area (Å²) < 4.78 is 13.1. The number of ether oxygens (including phenoxy) is 2. The number of hydrogen-bond acceptors (Lipinski definition) is 6. The first-order valence-corrected chi connectivity index (χ1v) is 10.1. The Labute approximate surface area is 183 Å². The fourth-order valence-electron chi connectivity index (χ4n) is 3.29. The third-order valence-electron chi connectivity index (χ3n) is 4.62. The third-order valence-corrected chi connectivity index (χ3v) is 4.85. The molecule has 2 amide bonds. The summed E-state index contributed by atoms with van der Waals surface area (Å²) in [6.45, 7) is 2.06. The van der Waals surface area contributed by atoms with Crippen molar-refractivity contribution in [3.8, 4) is 11.5 Å². The zero-order valence-corrected chi connectivity index (χ0v) is 17.4. The standard InChI is InChI=1S/C21H20ClN5O4/c1-2-30-18-8-13(16-10-19(28)26-21-23-12-24-27(16)21)6-7-17(18)31-11-20(29)25-15-5-3-4-14(22)9-15/h3-9,12,16H,2,10-11H2,1H3,(H,25,29)(H,23,24,26,28)/t16-/m0/s1. The molecule has 10 heteroatoms. The lowest BCUT2D eigenvalue weighted by Crippen LogP contribution is -2.29. The van der Waals surface area contributed by atoms with Crippen LogP contribution in [-0.2, 0) is 9.59 Å². The Morgan fingerprint density at radius 1 is 1.26 bits per heavy atom.